The Hall–Kier alpha value is -1.56. The van der Waals surface area contributed by atoms with Crippen molar-refractivity contribution in [1.82, 2.24) is 0 Å². The van der Waals surface area contributed by atoms with E-state index in [9.17, 15) is 0 Å². The Balaban J connectivity index is 2.57. The van der Waals surface area contributed by atoms with Crippen molar-refractivity contribution in [3.63, 3.8) is 0 Å². The fraction of sp³-hybridized carbons (Fsp3) is 0.429. The van der Waals surface area contributed by atoms with Gasteiger partial charge in [0.1, 0.15) is 0 Å². The van der Waals surface area contributed by atoms with E-state index in [2.05, 4.69) is 63.2 Å². The molecule has 0 spiro atoms. The van der Waals surface area contributed by atoms with Crippen molar-refractivity contribution in [2.45, 2.75) is 59.3 Å². The molecule has 0 aliphatic heterocycles. The first kappa shape index (κ1) is 15.8. The standard InChI is InChI=1S/C21H28/c1-4-10-17-15-16-20(18-13-8-7-9-14-18)21(12-6-3)19(17)11-5-2/h7-9,13-16H,4-6,10-12H2,1-3H3. The van der Waals surface area contributed by atoms with Gasteiger partial charge in [0, 0.05) is 0 Å². The Bertz CT molecular complexity index is 552. The Morgan fingerprint density at radius 2 is 1.24 bits per heavy atom. The Kier molecular flexibility index (Phi) is 6.04. The zero-order valence-electron chi connectivity index (χ0n) is 13.8. The first-order valence-electron chi connectivity index (χ1n) is 8.50. The predicted molar refractivity (Wildman–Crippen MR) is 93.9 cm³/mol. The van der Waals surface area contributed by atoms with Gasteiger partial charge in [0.15, 0.2) is 0 Å². The van der Waals surface area contributed by atoms with Crippen molar-refractivity contribution in [3.8, 4) is 11.1 Å². The van der Waals surface area contributed by atoms with Crippen molar-refractivity contribution in [1.29, 1.82) is 0 Å². The number of hydrogen-bond acceptors (Lipinski definition) is 0. The molecule has 21 heavy (non-hydrogen) atoms. The van der Waals surface area contributed by atoms with Crippen LogP contribution in [0.5, 0.6) is 0 Å². The van der Waals surface area contributed by atoms with Gasteiger partial charge in [0.25, 0.3) is 0 Å². The monoisotopic (exact) mass is 280 g/mol. The molecule has 0 fully saturated rings. The van der Waals surface area contributed by atoms with E-state index in [4.69, 9.17) is 0 Å². The quantitative estimate of drug-likeness (QED) is 0.565. The van der Waals surface area contributed by atoms with Crippen molar-refractivity contribution < 1.29 is 0 Å². The Morgan fingerprint density at radius 1 is 0.619 bits per heavy atom. The van der Waals surface area contributed by atoms with E-state index in [0.29, 0.717) is 0 Å². The summed E-state index contributed by atoms with van der Waals surface area (Å²) in [6, 6.07) is 15.6. The summed E-state index contributed by atoms with van der Waals surface area (Å²) in [5.74, 6) is 0. The lowest BCUT2D eigenvalue weighted by molar-refractivity contribution is 0.827. The van der Waals surface area contributed by atoms with Gasteiger partial charge in [-0.25, -0.2) is 0 Å². The lowest BCUT2D eigenvalue weighted by Gasteiger charge is -2.19. The minimum atomic E-state index is 1.19. The molecule has 0 radical (unpaired) electrons. The fourth-order valence-electron chi connectivity index (χ4n) is 3.23. The van der Waals surface area contributed by atoms with E-state index in [1.165, 1.54) is 49.7 Å². The molecule has 2 aromatic rings. The van der Waals surface area contributed by atoms with E-state index < -0.39 is 0 Å². The molecule has 0 bridgehead atoms. The average Bonchev–Trinajstić information content (AvgIpc) is 2.52. The SMILES string of the molecule is CCCc1ccc(-c2ccccc2)c(CCC)c1CCC. The van der Waals surface area contributed by atoms with Gasteiger partial charge in [-0.2, -0.15) is 0 Å². The third kappa shape index (κ3) is 3.75. The molecule has 0 N–H and O–H groups in total. The van der Waals surface area contributed by atoms with Crippen LogP contribution in [0.15, 0.2) is 42.5 Å². The summed E-state index contributed by atoms with van der Waals surface area (Å²) in [5, 5.41) is 0. The molecule has 2 aromatic carbocycles. The highest BCUT2D eigenvalue weighted by Gasteiger charge is 2.13. The van der Waals surface area contributed by atoms with E-state index >= 15 is 0 Å². The largest absolute Gasteiger partial charge is 0.0651 e. The highest BCUT2D eigenvalue weighted by molar-refractivity contribution is 5.69. The second kappa shape index (κ2) is 8.02. The zero-order chi connectivity index (χ0) is 15.1. The van der Waals surface area contributed by atoms with Gasteiger partial charge in [-0.1, -0.05) is 82.5 Å². The average molecular weight is 280 g/mol. The zero-order valence-corrected chi connectivity index (χ0v) is 13.8. The molecule has 0 heterocycles. The molecular formula is C21H28. The molecule has 0 unspecified atom stereocenters. The smallest absolute Gasteiger partial charge is 0.0149 e. The van der Waals surface area contributed by atoms with Crippen LogP contribution < -0.4 is 0 Å². The van der Waals surface area contributed by atoms with Crippen LogP contribution in [-0.2, 0) is 19.3 Å². The van der Waals surface area contributed by atoms with Gasteiger partial charge >= 0.3 is 0 Å². The first-order valence-corrected chi connectivity index (χ1v) is 8.50. The minimum Gasteiger partial charge on any atom is -0.0651 e. The van der Waals surface area contributed by atoms with Crippen LogP contribution in [-0.4, -0.2) is 0 Å². The van der Waals surface area contributed by atoms with E-state index in [0.717, 1.165) is 0 Å². The van der Waals surface area contributed by atoms with Gasteiger partial charge in [-0.15, -0.1) is 0 Å². The Labute approximate surface area is 130 Å². The third-order valence-electron chi connectivity index (χ3n) is 4.13. The van der Waals surface area contributed by atoms with Crippen molar-refractivity contribution in [3.05, 3.63) is 59.2 Å². The second-order valence-corrected chi connectivity index (χ2v) is 5.85. The van der Waals surface area contributed by atoms with Crippen molar-refractivity contribution in [2.75, 3.05) is 0 Å². The minimum absolute atomic E-state index is 1.19. The molecule has 112 valence electrons. The summed E-state index contributed by atoms with van der Waals surface area (Å²) < 4.78 is 0. The van der Waals surface area contributed by atoms with Crippen LogP contribution in [0.4, 0.5) is 0 Å². The lowest BCUT2D eigenvalue weighted by Crippen LogP contribution is -2.03. The fourth-order valence-corrected chi connectivity index (χ4v) is 3.23. The molecular weight excluding hydrogens is 252 g/mol. The molecule has 0 amide bonds. The summed E-state index contributed by atoms with van der Waals surface area (Å²) in [5.41, 5.74) is 7.60. The van der Waals surface area contributed by atoms with E-state index in [1.54, 1.807) is 16.7 Å². The highest BCUT2D eigenvalue weighted by Crippen LogP contribution is 2.31. The van der Waals surface area contributed by atoms with Crippen LogP contribution in [0.25, 0.3) is 11.1 Å². The van der Waals surface area contributed by atoms with Gasteiger partial charge in [0.2, 0.25) is 0 Å². The molecule has 0 saturated carbocycles. The number of aryl methyl sites for hydroxylation is 1. The molecule has 0 aliphatic rings. The summed E-state index contributed by atoms with van der Waals surface area (Å²) in [6.45, 7) is 6.86. The molecule has 0 aromatic heterocycles. The predicted octanol–water partition coefficient (Wildman–Crippen LogP) is 6.21. The van der Waals surface area contributed by atoms with Crippen LogP contribution in [0, 0.1) is 0 Å². The summed E-state index contributed by atoms with van der Waals surface area (Å²) in [4.78, 5) is 0. The lowest BCUT2D eigenvalue weighted by atomic mass is 9.86. The molecule has 0 atom stereocenters. The van der Waals surface area contributed by atoms with Gasteiger partial charge < -0.3 is 0 Å². The maximum Gasteiger partial charge on any atom is -0.0149 e. The summed E-state index contributed by atoms with van der Waals surface area (Å²) >= 11 is 0. The normalized spacial score (nSPS) is 10.8. The van der Waals surface area contributed by atoms with Gasteiger partial charge in [-0.05, 0) is 47.1 Å². The summed E-state index contributed by atoms with van der Waals surface area (Å²) in [6.07, 6.45) is 7.29. The second-order valence-electron chi connectivity index (χ2n) is 5.85. The maximum atomic E-state index is 2.37. The summed E-state index contributed by atoms with van der Waals surface area (Å²) in [7, 11) is 0. The first-order chi connectivity index (χ1) is 10.3. The molecule has 0 saturated heterocycles. The van der Waals surface area contributed by atoms with Crippen LogP contribution in [0.3, 0.4) is 0 Å². The van der Waals surface area contributed by atoms with Crippen molar-refractivity contribution in [2.24, 2.45) is 0 Å². The molecule has 0 nitrogen and oxygen atoms in total. The number of rotatable bonds is 7. The van der Waals surface area contributed by atoms with Gasteiger partial charge in [-0.3, -0.25) is 0 Å². The maximum absolute atomic E-state index is 2.37. The topological polar surface area (TPSA) is 0 Å². The van der Waals surface area contributed by atoms with Crippen LogP contribution >= 0.6 is 0 Å². The molecule has 0 aliphatic carbocycles. The van der Waals surface area contributed by atoms with E-state index in [-0.39, 0.29) is 0 Å². The van der Waals surface area contributed by atoms with Crippen LogP contribution in [0.1, 0.15) is 56.7 Å². The molecule has 0 heteroatoms. The third-order valence-corrected chi connectivity index (χ3v) is 4.13. The van der Waals surface area contributed by atoms with E-state index in [1.807, 2.05) is 0 Å². The number of benzene rings is 2. The highest BCUT2D eigenvalue weighted by atomic mass is 14.2. The Morgan fingerprint density at radius 3 is 1.86 bits per heavy atom. The van der Waals surface area contributed by atoms with Crippen molar-refractivity contribution >= 4 is 0 Å². The molecule has 2 rings (SSSR count). The van der Waals surface area contributed by atoms with Crippen LogP contribution in [0.2, 0.25) is 0 Å². The van der Waals surface area contributed by atoms with Gasteiger partial charge in [0.05, 0.1) is 0 Å². The number of hydrogen-bond donors (Lipinski definition) is 0.